The maximum absolute atomic E-state index is 14.1. The SMILES string of the molecule is CN1CCN(c2ccc(C(=O)CCN)cc2F)CC1. The van der Waals surface area contributed by atoms with E-state index in [1.54, 1.807) is 12.1 Å². The molecule has 1 fully saturated rings. The van der Waals surface area contributed by atoms with E-state index in [-0.39, 0.29) is 18.0 Å². The van der Waals surface area contributed by atoms with E-state index < -0.39 is 0 Å². The first kappa shape index (κ1) is 14.0. The molecule has 0 bridgehead atoms. The molecule has 0 aliphatic carbocycles. The monoisotopic (exact) mass is 265 g/mol. The van der Waals surface area contributed by atoms with E-state index in [2.05, 4.69) is 11.9 Å². The highest BCUT2D eigenvalue weighted by atomic mass is 19.1. The summed E-state index contributed by atoms with van der Waals surface area (Å²) in [4.78, 5) is 15.9. The van der Waals surface area contributed by atoms with Crippen LogP contribution in [0.15, 0.2) is 18.2 Å². The summed E-state index contributed by atoms with van der Waals surface area (Å²) in [7, 11) is 2.06. The molecule has 1 aliphatic rings. The Balaban J connectivity index is 2.13. The van der Waals surface area contributed by atoms with Crippen LogP contribution in [-0.4, -0.2) is 50.5 Å². The van der Waals surface area contributed by atoms with Crippen molar-refractivity contribution in [2.75, 3.05) is 44.7 Å². The summed E-state index contributed by atoms with van der Waals surface area (Å²) in [5, 5.41) is 0. The topological polar surface area (TPSA) is 49.6 Å². The van der Waals surface area contributed by atoms with Gasteiger partial charge in [0, 0.05) is 38.2 Å². The number of nitrogens with two attached hydrogens (primary N) is 1. The van der Waals surface area contributed by atoms with E-state index >= 15 is 0 Å². The number of likely N-dealkylation sites (N-methyl/N-ethyl adjacent to an activating group) is 1. The van der Waals surface area contributed by atoms with Crippen molar-refractivity contribution in [3.8, 4) is 0 Å². The van der Waals surface area contributed by atoms with Gasteiger partial charge in [0.2, 0.25) is 0 Å². The summed E-state index contributed by atoms with van der Waals surface area (Å²) >= 11 is 0. The third-order valence-corrected chi connectivity index (χ3v) is 3.49. The van der Waals surface area contributed by atoms with Gasteiger partial charge in [-0.3, -0.25) is 4.79 Å². The highest BCUT2D eigenvalue weighted by molar-refractivity contribution is 5.96. The van der Waals surface area contributed by atoms with Gasteiger partial charge in [-0.15, -0.1) is 0 Å². The number of benzene rings is 1. The van der Waals surface area contributed by atoms with Crippen molar-refractivity contribution in [1.29, 1.82) is 0 Å². The van der Waals surface area contributed by atoms with Crippen LogP contribution < -0.4 is 10.6 Å². The average Bonchev–Trinajstić information content (AvgIpc) is 2.40. The number of piperazine rings is 1. The molecule has 0 atom stereocenters. The lowest BCUT2D eigenvalue weighted by Gasteiger charge is -2.34. The standard InChI is InChI=1S/C14H20FN3O/c1-17-6-8-18(9-7-17)13-3-2-11(10-12(13)15)14(19)4-5-16/h2-3,10H,4-9,16H2,1H3. The van der Waals surface area contributed by atoms with Gasteiger partial charge >= 0.3 is 0 Å². The molecule has 1 aromatic carbocycles. The van der Waals surface area contributed by atoms with Crippen molar-refractivity contribution in [2.45, 2.75) is 6.42 Å². The number of anilines is 1. The van der Waals surface area contributed by atoms with Crippen molar-refractivity contribution < 1.29 is 9.18 Å². The normalized spacial score (nSPS) is 16.7. The smallest absolute Gasteiger partial charge is 0.164 e. The number of Topliss-reactive ketones (excluding diaryl/α,β-unsaturated/α-hetero) is 1. The maximum atomic E-state index is 14.1. The van der Waals surface area contributed by atoms with Crippen LogP contribution in [0.2, 0.25) is 0 Å². The van der Waals surface area contributed by atoms with Crippen LogP contribution in [0, 0.1) is 5.82 Å². The van der Waals surface area contributed by atoms with Gasteiger partial charge in [-0.05, 0) is 31.8 Å². The Hall–Kier alpha value is -1.46. The highest BCUT2D eigenvalue weighted by Crippen LogP contribution is 2.22. The van der Waals surface area contributed by atoms with Crippen LogP contribution in [0.5, 0.6) is 0 Å². The highest BCUT2D eigenvalue weighted by Gasteiger charge is 2.18. The van der Waals surface area contributed by atoms with Crippen molar-refractivity contribution in [3.63, 3.8) is 0 Å². The predicted octanol–water partition coefficient (Wildman–Crippen LogP) is 1.11. The number of carbonyl (C=O) groups excluding carboxylic acids is 1. The molecule has 0 amide bonds. The third-order valence-electron chi connectivity index (χ3n) is 3.49. The zero-order valence-electron chi connectivity index (χ0n) is 11.2. The van der Waals surface area contributed by atoms with Crippen LogP contribution in [-0.2, 0) is 0 Å². The lowest BCUT2D eigenvalue weighted by molar-refractivity contribution is 0.0985. The first-order chi connectivity index (χ1) is 9.11. The Bertz CT molecular complexity index is 456. The minimum Gasteiger partial charge on any atom is -0.367 e. The molecule has 0 saturated carbocycles. The van der Waals surface area contributed by atoms with Gasteiger partial charge in [-0.25, -0.2) is 4.39 Å². The van der Waals surface area contributed by atoms with Gasteiger partial charge in [0.25, 0.3) is 0 Å². The number of halogens is 1. The molecule has 0 spiro atoms. The Morgan fingerprint density at radius 1 is 1.32 bits per heavy atom. The second-order valence-corrected chi connectivity index (χ2v) is 4.92. The van der Waals surface area contributed by atoms with Crippen molar-refractivity contribution >= 4 is 11.5 Å². The summed E-state index contributed by atoms with van der Waals surface area (Å²) < 4.78 is 14.1. The van der Waals surface area contributed by atoms with E-state index in [4.69, 9.17) is 5.73 Å². The first-order valence-corrected chi connectivity index (χ1v) is 6.58. The van der Waals surface area contributed by atoms with Crippen LogP contribution in [0.3, 0.4) is 0 Å². The Kier molecular flexibility index (Phi) is 4.50. The molecule has 5 heteroatoms. The quantitative estimate of drug-likeness (QED) is 0.829. The largest absolute Gasteiger partial charge is 0.367 e. The van der Waals surface area contributed by atoms with E-state index in [1.165, 1.54) is 6.07 Å². The zero-order valence-corrected chi connectivity index (χ0v) is 11.2. The van der Waals surface area contributed by atoms with Gasteiger partial charge in [0.15, 0.2) is 5.78 Å². The van der Waals surface area contributed by atoms with Gasteiger partial charge < -0.3 is 15.5 Å². The molecule has 1 aromatic rings. The first-order valence-electron chi connectivity index (χ1n) is 6.58. The molecule has 1 saturated heterocycles. The summed E-state index contributed by atoms with van der Waals surface area (Å²) in [6.45, 7) is 3.76. The average molecular weight is 265 g/mol. The van der Waals surface area contributed by atoms with E-state index in [9.17, 15) is 9.18 Å². The minimum atomic E-state index is -0.326. The van der Waals surface area contributed by atoms with Gasteiger partial charge in [0.1, 0.15) is 5.82 Å². The van der Waals surface area contributed by atoms with Crippen molar-refractivity contribution in [3.05, 3.63) is 29.6 Å². The lowest BCUT2D eigenvalue weighted by atomic mass is 10.1. The van der Waals surface area contributed by atoms with Crippen molar-refractivity contribution in [1.82, 2.24) is 4.90 Å². The molecule has 0 unspecified atom stereocenters. The van der Waals surface area contributed by atoms with Gasteiger partial charge in [-0.2, -0.15) is 0 Å². The number of hydrogen-bond donors (Lipinski definition) is 1. The zero-order chi connectivity index (χ0) is 13.8. The summed E-state index contributed by atoms with van der Waals surface area (Å²) in [5.74, 6) is -0.432. The van der Waals surface area contributed by atoms with Gasteiger partial charge in [-0.1, -0.05) is 0 Å². The Morgan fingerprint density at radius 3 is 2.58 bits per heavy atom. The van der Waals surface area contributed by atoms with Crippen LogP contribution in [0.1, 0.15) is 16.8 Å². The third kappa shape index (κ3) is 3.30. The minimum absolute atomic E-state index is 0.105. The van der Waals surface area contributed by atoms with Crippen LogP contribution in [0.25, 0.3) is 0 Å². The van der Waals surface area contributed by atoms with E-state index in [0.29, 0.717) is 17.8 Å². The Morgan fingerprint density at radius 2 is 2.00 bits per heavy atom. The molecule has 104 valence electrons. The molecular formula is C14H20FN3O. The molecule has 0 aromatic heterocycles. The molecule has 0 radical (unpaired) electrons. The molecule has 1 aliphatic heterocycles. The molecular weight excluding hydrogens is 245 g/mol. The number of nitrogens with zero attached hydrogens (tertiary/aromatic N) is 2. The summed E-state index contributed by atoms with van der Waals surface area (Å²) in [5.41, 5.74) is 6.32. The molecule has 1 heterocycles. The number of ketones is 1. The van der Waals surface area contributed by atoms with E-state index in [0.717, 1.165) is 26.2 Å². The van der Waals surface area contributed by atoms with Crippen molar-refractivity contribution in [2.24, 2.45) is 5.73 Å². The van der Waals surface area contributed by atoms with E-state index in [1.807, 2.05) is 4.90 Å². The predicted molar refractivity (Wildman–Crippen MR) is 74.1 cm³/mol. The number of hydrogen-bond acceptors (Lipinski definition) is 4. The number of carbonyl (C=O) groups is 1. The second-order valence-electron chi connectivity index (χ2n) is 4.92. The second kappa shape index (κ2) is 6.12. The fourth-order valence-corrected chi connectivity index (χ4v) is 2.26. The Labute approximate surface area is 113 Å². The summed E-state index contributed by atoms with van der Waals surface area (Å²) in [6, 6.07) is 4.71. The molecule has 2 rings (SSSR count). The molecule has 4 nitrogen and oxygen atoms in total. The van der Waals surface area contributed by atoms with Gasteiger partial charge in [0.05, 0.1) is 5.69 Å². The maximum Gasteiger partial charge on any atom is 0.164 e. The number of rotatable bonds is 4. The lowest BCUT2D eigenvalue weighted by Crippen LogP contribution is -2.44. The van der Waals surface area contributed by atoms with Crippen LogP contribution >= 0.6 is 0 Å². The van der Waals surface area contributed by atoms with Crippen LogP contribution in [0.4, 0.5) is 10.1 Å². The molecule has 19 heavy (non-hydrogen) atoms. The fourth-order valence-electron chi connectivity index (χ4n) is 2.26. The fraction of sp³-hybridized carbons (Fsp3) is 0.500. The summed E-state index contributed by atoms with van der Waals surface area (Å²) in [6.07, 6.45) is 0.257. The molecule has 2 N–H and O–H groups in total.